The van der Waals surface area contributed by atoms with Crippen LogP contribution in [0.5, 0.6) is 5.75 Å². The summed E-state index contributed by atoms with van der Waals surface area (Å²) in [6, 6.07) is 29.7. The quantitative estimate of drug-likeness (QED) is 0.0475. The van der Waals surface area contributed by atoms with Gasteiger partial charge in [0.05, 0.1) is 24.0 Å². The minimum atomic E-state index is -0.528. The topological polar surface area (TPSA) is 123 Å². The number of rotatable bonds is 16. The van der Waals surface area contributed by atoms with Crippen LogP contribution < -0.4 is 20.7 Å². The number of anilines is 2. The number of benzene rings is 4. The average molecular weight is 680 g/mol. The van der Waals surface area contributed by atoms with Gasteiger partial charge in [-0.15, -0.1) is 11.8 Å². The first kappa shape index (κ1) is 36.5. The Morgan fingerprint density at radius 3 is 2.22 bits per heavy atom. The van der Waals surface area contributed by atoms with E-state index in [-0.39, 0.29) is 11.6 Å². The molecule has 3 amide bonds. The molecule has 0 aromatic heterocycles. The lowest BCUT2D eigenvalue weighted by molar-refractivity contribution is -0.116. The molecule has 3 N–H and O–H groups in total. The van der Waals surface area contributed by atoms with Gasteiger partial charge in [-0.2, -0.15) is 0 Å². The molecule has 0 bridgehead atoms. The summed E-state index contributed by atoms with van der Waals surface area (Å²) < 4.78 is 11.0. The van der Waals surface area contributed by atoms with Crippen LogP contribution in [0.3, 0.4) is 0 Å². The molecule has 0 aliphatic rings. The fourth-order valence-electron chi connectivity index (χ4n) is 4.62. The molecule has 254 valence electrons. The number of ether oxygens (including phenoxy) is 2. The van der Waals surface area contributed by atoms with Crippen molar-refractivity contribution in [1.82, 2.24) is 5.32 Å². The molecule has 0 radical (unpaired) electrons. The Kier molecular flexibility index (Phi) is 14.0. The molecule has 0 saturated heterocycles. The summed E-state index contributed by atoms with van der Waals surface area (Å²) >= 11 is 1.36. The highest BCUT2D eigenvalue weighted by atomic mass is 32.2. The molecule has 1 atom stereocenters. The second-order valence-corrected chi connectivity index (χ2v) is 12.2. The first-order chi connectivity index (χ1) is 23.8. The van der Waals surface area contributed by atoms with Crippen molar-refractivity contribution in [3.05, 3.63) is 126 Å². The van der Waals surface area contributed by atoms with Crippen molar-refractivity contribution in [2.24, 2.45) is 0 Å². The number of para-hydroxylation sites is 1. The number of carbonyl (C=O) groups excluding carboxylic acids is 4. The first-order valence-electron chi connectivity index (χ1n) is 16.3. The average Bonchev–Trinajstić information content (AvgIpc) is 3.12. The van der Waals surface area contributed by atoms with Crippen LogP contribution in [-0.4, -0.2) is 42.2 Å². The van der Waals surface area contributed by atoms with Crippen LogP contribution in [0.15, 0.2) is 114 Å². The number of amides is 3. The van der Waals surface area contributed by atoms with E-state index in [9.17, 15) is 19.2 Å². The van der Waals surface area contributed by atoms with Gasteiger partial charge in [-0.25, -0.2) is 4.79 Å². The predicted molar refractivity (Wildman–Crippen MR) is 195 cm³/mol. The summed E-state index contributed by atoms with van der Waals surface area (Å²) in [6.45, 7) is 6.63. The molecule has 4 rings (SSSR count). The fraction of sp³-hybridized carbons (Fsp3) is 0.231. The summed E-state index contributed by atoms with van der Waals surface area (Å²) in [7, 11) is 0. The van der Waals surface area contributed by atoms with Crippen molar-refractivity contribution in [1.29, 1.82) is 0 Å². The third-order valence-corrected chi connectivity index (χ3v) is 8.56. The molecule has 4 aromatic carbocycles. The lowest BCUT2D eigenvalue weighted by Crippen LogP contribution is -2.30. The molecule has 0 aliphatic carbocycles. The van der Waals surface area contributed by atoms with Crippen molar-refractivity contribution in [3.63, 3.8) is 0 Å². The Labute approximate surface area is 291 Å². The monoisotopic (exact) mass is 679 g/mol. The molecule has 0 fully saturated rings. The van der Waals surface area contributed by atoms with Crippen molar-refractivity contribution >= 4 is 52.9 Å². The Morgan fingerprint density at radius 1 is 0.776 bits per heavy atom. The lowest BCUT2D eigenvalue weighted by Gasteiger charge is -2.16. The molecule has 10 heteroatoms. The van der Waals surface area contributed by atoms with Gasteiger partial charge in [0, 0.05) is 27.4 Å². The number of hydrogen-bond donors (Lipinski definition) is 3. The van der Waals surface area contributed by atoms with Gasteiger partial charge >= 0.3 is 5.97 Å². The van der Waals surface area contributed by atoms with Crippen LogP contribution in [0.4, 0.5) is 11.4 Å². The van der Waals surface area contributed by atoms with E-state index >= 15 is 0 Å². The van der Waals surface area contributed by atoms with Crippen LogP contribution in [0, 0.1) is 0 Å². The van der Waals surface area contributed by atoms with Gasteiger partial charge in [-0.05, 0) is 86.5 Å². The summed E-state index contributed by atoms with van der Waals surface area (Å²) in [5, 5.41) is 8.14. The lowest BCUT2D eigenvalue weighted by atomic mass is 10.1. The van der Waals surface area contributed by atoms with Crippen LogP contribution in [0.25, 0.3) is 6.08 Å². The van der Waals surface area contributed by atoms with Gasteiger partial charge in [0.1, 0.15) is 11.4 Å². The highest BCUT2D eigenvalue weighted by molar-refractivity contribution is 8.00. The standard InChI is InChI=1S/C39H41N3O6S/c1-4-7-24-48-39(46)28-20-22-30(23-21-28)40-38(45)35(5-2)49-32-18-13-17-31(26-32)41-37(44)33(42-36(43)27-14-9-8-10-15-27)25-29-16-11-12-19-34(29)47-6-3/h8-23,25-26,35H,4-7,24H2,1-3H3,(H,40,45)(H,41,44)(H,42,43)/b33-25+. The largest absolute Gasteiger partial charge is 0.493 e. The third kappa shape index (κ3) is 11.1. The molecule has 1 unspecified atom stereocenters. The molecule has 49 heavy (non-hydrogen) atoms. The van der Waals surface area contributed by atoms with Gasteiger partial charge in [0.25, 0.3) is 11.8 Å². The van der Waals surface area contributed by atoms with E-state index in [0.29, 0.717) is 53.4 Å². The maximum absolute atomic E-state index is 13.7. The molecule has 0 heterocycles. The van der Waals surface area contributed by atoms with Crippen molar-refractivity contribution in [3.8, 4) is 5.75 Å². The van der Waals surface area contributed by atoms with E-state index in [1.807, 2.05) is 45.0 Å². The third-order valence-electron chi connectivity index (χ3n) is 7.20. The van der Waals surface area contributed by atoms with E-state index in [1.54, 1.807) is 84.9 Å². The number of nitrogens with one attached hydrogen (secondary N) is 3. The second kappa shape index (κ2) is 18.8. The Balaban J connectivity index is 1.46. The van der Waals surface area contributed by atoms with E-state index in [1.165, 1.54) is 11.8 Å². The van der Waals surface area contributed by atoms with Crippen LogP contribution >= 0.6 is 11.8 Å². The van der Waals surface area contributed by atoms with E-state index < -0.39 is 23.0 Å². The van der Waals surface area contributed by atoms with E-state index in [4.69, 9.17) is 9.47 Å². The molecule has 0 aliphatic heterocycles. The van der Waals surface area contributed by atoms with E-state index in [0.717, 1.165) is 17.7 Å². The molecule has 0 saturated carbocycles. The number of unbranched alkanes of at least 4 members (excludes halogenated alkanes) is 1. The maximum atomic E-state index is 13.7. The highest BCUT2D eigenvalue weighted by Gasteiger charge is 2.20. The van der Waals surface area contributed by atoms with E-state index in [2.05, 4.69) is 16.0 Å². The summed E-state index contributed by atoms with van der Waals surface area (Å²) in [5.41, 5.74) is 2.55. The van der Waals surface area contributed by atoms with Crippen molar-refractivity contribution in [2.75, 3.05) is 23.8 Å². The normalized spacial score (nSPS) is 11.6. The zero-order valence-electron chi connectivity index (χ0n) is 27.9. The molecule has 9 nitrogen and oxygen atoms in total. The fourth-order valence-corrected chi connectivity index (χ4v) is 5.63. The minimum absolute atomic E-state index is 0.0325. The zero-order chi connectivity index (χ0) is 35.0. The van der Waals surface area contributed by atoms with Crippen molar-refractivity contribution < 1.29 is 28.7 Å². The van der Waals surface area contributed by atoms with Gasteiger partial charge in [-0.3, -0.25) is 14.4 Å². The predicted octanol–water partition coefficient (Wildman–Crippen LogP) is 7.96. The number of thioether (sulfide) groups is 1. The minimum Gasteiger partial charge on any atom is -0.493 e. The summed E-state index contributed by atoms with van der Waals surface area (Å²) in [6.07, 6.45) is 3.87. The summed E-state index contributed by atoms with van der Waals surface area (Å²) in [4.78, 5) is 52.9. The second-order valence-electron chi connectivity index (χ2n) is 10.9. The van der Waals surface area contributed by atoms with Gasteiger partial charge in [-0.1, -0.05) is 62.7 Å². The Hall–Kier alpha value is -5.35. The number of esters is 1. The zero-order valence-corrected chi connectivity index (χ0v) is 28.7. The van der Waals surface area contributed by atoms with Gasteiger partial charge < -0.3 is 25.4 Å². The SMILES string of the molecule is CCCCOC(=O)c1ccc(NC(=O)C(CC)Sc2cccc(NC(=O)/C(=C\c3ccccc3OCC)NC(=O)c3ccccc3)c2)cc1. The molecular weight excluding hydrogens is 639 g/mol. The molecule has 0 spiro atoms. The van der Waals surface area contributed by atoms with Crippen molar-refractivity contribution in [2.45, 2.75) is 50.2 Å². The Bertz CT molecular complexity index is 1760. The maximum Gasteiger partial charge on any atom is 0.338 e. The highest BCUT2D eigenvalue weighted by Crippen LogP contribution is 2.29. The van der Waals surface area contributed by atoms with Gasteiger partial charge in [0.2, 0.25) is 5.91 Å². The Morgan fingerprint density at radius 2 is 1.51 bits per heavy atom. The smallest absolute Gasteiger partial charge is 0.338 e. The van der Waals surface area contributed by atoms with Crippen LogP contribution in [0.1, 0.15) is 66.3 Å². The van der Waals surface area contributed by atoms with Crippen LogP contribution in [0.2, 0.25) is 0 Å². The van der Waals surface area contributed by atoms with Gasteiger partial charge in [0.15, 0.2) is 0 Å². The first-order valence-corrected chi connectivity index (χ1v) is 17.1. The number of carbonyl (C=O) groups is 4. The molecular formula is C39H41N3O6S. The number of hydrogen-bond acceptors (Lipinski definition) is 7. The van der Waals surface area contributed by atoms with Crippen LogP contribution in [-0.2, 0) is 14.3 Å². The molecule has 4 aromatic rings. The summed E-state index contributed by atoms with van der Waals surface area (Å²) in [5.74, 6) is -0.968.